The third-order valence-electron chi connectivity index (χ3n) is 4.22. The zero-order valence-electron chi connectivity index (χ0n) is 13.0. The Balaban J connectivity index is 1.66. The molecule has 3 rings (SSSR count). The lowest BCUT2D eigenvalue weighted by Gasteiger charge is -2.35. The first-order valence-corrected chi connectivity index (χ1v) is 8.39. The summed E-state index contributed by atoms with van der Waals surface area (Å²) in [6.45, 7) is 7.13. The second kappa shape index (κ2) is 6.48. The predicted molar refractivity (Wildman–Crippen MR) is 89.4 cm³/mol. The first kappa shape index (κ1) is 15.0. The van der Waals surface area contributed by atoms with E-state index in [1.54, 1.807) is 18.3 Å². The lowest BCUT2D eigenvalue weighted by Crippen LogP contribution is -2.48. The van der Waals surface area contributed by atoms with Crippen LogP contribution in [-0.2, 0) is 4.79 Å². The zero-order chi connectivity index (χ0) is 15.5. The summed E-state index contributed by atoms with van der Waals surface area (Å²) in [7, 11) is 0. The highest BCUT2D eigenvalue weighted by atomic mass is 32.1. The third-order valence-corrected chi connectivity index (χ3v) is 5.20. The Morgan fingerprint density at radius 2 is 2.05 bits per heavy atom. The lowest BCUT2D eigenvalue weighted by atomic mass is 10.1. The molecule has 1 unspecified atom stereocenters. The molecule has 1 radical (unpaired) electrons. The van der Waals surface area contributed by atoms with Crippen LogP contribution in [0.15, 0.2) is 30.5 Å². The van der Waals surface area contributed by atoms with E-state index < -0.39 is 0 Å². The van der Waals surface area contributed by atoms with Crippen molar-refractivity contribution in [1.82, 2.24) is 9.88 Å². The van der Waals surface area contributed by atoms with Crippen LogP contribution in [0, 0.1) is 5.38 Å². The Bertz CT molecular complexity index is 616. The molecule has 1 saturated heterocycles. The van der Waals surface area contributed by atoms with Gasteiger partial charge in [-0.15, -0.1) is 11.3 Å². The van der Waals surface area contributed by atoms with Crippen LogP contribution in [0.3, 0.4) is 0 Å². The van der Waals surface area contributed by atoms with Gasteiger partial charge < -0.3 is 9.80 Å². The number of piperazine rings is 1. The van der Waals surface area contributed by atoms with Crippen molar-refractivity contribution in [2.24, 2.45) is 0 Å². The Hall–Kier alpha value is -1.88. The van der Waals surface area contributed by atoms with Gasteiger partial charge in [-0.1, -0.05) is 6.92 Å². The van der Waals surface area contributed by atoms with E-state index in [4.69, 9.17) is 0 Å². The molecular weight excluding hydrogens is 294 g/mol. The van der Waals surface area contributed by atoms with Gasteiger partial charge in [0.1, 0.15) is 0 Å². The normalized spacial score (nSPS) is 16.6. The number of pyridine rings is 1. The number of hydrogen-bond donors (Lipinski definition) is 0. The van der Waals surface area contributed by atoms with Crippen LogP contribution >= 0.6 is 11.3 Å². The van der Waals surface area contributed by atoms with Crippen molar-refractivity contribution in [3.63, 3.8) is 0 Å². The van der Waals surface area contributed by atoms with Gasteiger partial charge in [-0.25, -0.2) is 0 Å². The van der Waals surface area contributed by atoms with Gasteiger partial charge in [0.15, 0.2) is 0 Å². The van der Waals surface area contributed by atoms with Gasteiger partial charge in [0, 0.05) is 55.0 Å². The van der Waals surface area contributed by atoms with Crippen molar-refractivity contribution in [1.29, 1.82) is 0 Å². The van der Waals surface area contributed by atoms with E-state index in [0.717, 1.165) is 37.6 Å². The molecule has 1 amide bonds. The molecule has 1 atom stereocenters. The minimum absolute atomic E-state index is 0.162. The second-order valence-electron chi connectivity index (χ2n) is 5.61. The van der Waals surface area contributed by atoms with E-state index >= 15 is 0 Å². The van der Waals surface area contributed by atoms with Gasteiger partial charge in [0.2, 0.25) is 5.91 Å². The van der Waals surface area contributed by atoms with E-state index in [2.05, 4.69) is 40.4 Å². The van der Waals surface area contributed by atoms with Crippen LogP contribution in [0.1, 0.15) is 30.3 Å². The maximum atomic E-state index is 11.4. The molecule has 115 valence electrons. The van der Waals surface area contributed by atoms with Gasteiger partial charge in [-0.2, -0.15) is 0 Å². The molecule has 0 aromatic carbocycles. The fourth-order valence-electron chi connectivity index (χ4n) is 2.75. The van der Waals surface area contributed by atoms with E-state index in [0.29, 0.717) is 5.92 Å². The molecule has 22 heavy (non-hydrogen) atoms. The van der Waals surface area contributed by atoms with Gasteiger partial charge >= 0.3 is 0 Å². The number of hydrogen-bond acceptors (Lipinski definition) is 4. The minimum atomic E-state index is 0.162. The van der Waals surface area contributed by atoms with Crippen molar-refractivity contribution in [2.45, 2.75) is 19.8 Å². The number of carbonyl (C=O) groups excluding carboxylic acids is 1. The first-order valence-electron chi connectivity index (χ1n) is 7.57. The summed E-state index contributed by atoms with van der Waals surface area (Å²) in [4.78, 5) is 21.5. The Morgan fingerprint density at radius 3 is 2.59 bits per heavy atom. The fraction of sp³-hybridized carbons (Fsp3) is 0.412. The molecule has 4 nitrogen and oxygen atoms in total. The monoisotopic (exact) mass is 314 g/mol. The van der Waals surface area contributed by atoms with Crippen LogP contribution in [0.5, 0.6) is 0 Å². The minimum Gasteiger partial charge on any atom is -0.367 e. The summed E-state index contributed by atoms with van der Waals surface area (Å²) in [6.07, 6.45) is 1.95. The summed E-state index contributed by atoms with van der Waals surface area (Å²) in [5, 5.41) is 3.13. The summed E-state index contributed by atoms with van der Waals surface area (Å²) in [5.74, 6) is 0.467. The number of aromatic nitrogens is 1. The second-order valence-corrected chi connectivity index (χ2v) is 6.52. The number of anilines is 1. The number of nitrogens with zero attached hydrogens (tertiary/aromatic N) is 3. The molecule has 0 bridgehead atoms. The van der Waals surface area contributed by atoms with Crippen molar-refractivity contribution >= 4 is 22.9 Å². The number of thiophene rings is 1. The Kier molecular flexibility index (Phi) is 4.43. The zero-order valence-corrected chi connectivity index (χ0v) is 13.8. The van der Waals surface area contributed by atoms with Crippen molar-refractivity contribution in [2.75, 3.05) is 31.1 Å². The third kappa shape index (κ3) is 3.14. The molecule has 1 aliphatic rings. The van der Waals surface area contributed by atoms with Crippen LogP contribution in [0.2, 0.25) is 0 Å². The SMILES string of the molecule is CC(=O)N1CCN(c2ccc(C(C)c3cc[c]s3)nc2)CC1. The molecule has 1 fully saturated rings. The quantitative estimate of drug-likeness (QED) is 0.874. The first-order chi connectivity index (χ1) is 10.6. The number of amides is 1. The van der Waals surface area contributed by atoms with Crippen LogP contribution in [0.25, 0.3) is 0 Å². The molecular formula is C17H20N3OS. The van der Waals surface area contributed by atoms with Gasteiger partial charge in [-0.3, -0.25) is 9.78 Å². The van der Waals surface area contributed by atoms with Crippen LogP contribution < -0.4 is 4.90 Å². The maximum Gasteiger partial charge on any atom is 0.219 e. The summed E-state index contributed by atoms with van der Waals surface area (Å²) in [5.41, 5.74) is 2.22. The molecule has 0 saturated carbocycles. The Labute approximate surface area is 135 Å². The molecule has 3 heterocycles. The standard InChI is InChI=1S/C17H20N3OS/c1-13(17-4-3-11-22-17)16-6-5-15(12-18-16)20-9-7-19(8-10-20)14(2)21/h3-6,12-13H,7-10H2,1-2H3. The van der Waals surface area contributed by atoms with Gasteiger partial charge in [-0.05, 0) is 24.3 Å². The average molecular weight is 314 g/mol. The maximum absolute atomic E-state index is 11.4. The summed E-state index contributed by atoms with van der Waals surface area (Å²) < 4.78 is 0. The Morgan fingerprint density at radius 1 is 1.27 bits per heavy atom. The van der Waals surface area contributed by atoms with E-state index in [1.807, 2.05) is 17.2 Å². The van der Waals surface area contributed by atoms with E-state index in [-0.39, 0.29) is 5.91 Å². The fourth-order valence-corrected chi connectivity index (χ4v) is 3.46. The van der Waals surface area contributed by atoms with Crippen molar-refractivity contribution in [3.05, 3.63) is 46.4 Å². The molecule has 0 N–H and O–H groups in total. The van der Waals surface area contributed by atoms with Crippen molar-refractivity contribution < 1.29 is 4.79 Å². The van der Waals surface area contributed by atoms with E-state index in [1.165, 1.54) is 4.88 Å². The van der Waals surface area contributed by atoms with Crippen LogP contribution in [0.4, 0.5) is 5.69 Å². The largest absolute Gasteiger partial charge is 0.367 e. The number of carbonyl (C=O) groups is 1. The summed E-state index contributed by atoms with van der Waals surface area (Å²) >= 11 is 1.65. The molecule has 0 aliphatic carbocycles. The highest BCUT2D eigenvalue weighted by molar-refractivity contribution is 7.09. The highest BCUT2D eigenvalue weighted by Gasteiger charge is 2.19. The van der Waals surface area contributed by atoms with Gasteiger partial charge in [0.25, 0.3) is 0 Å². The smallest absolute Gasteiger partial charge is 0.219 e. The molecule has 2 aromatic rings. The van der Waals surface area contributed by atoms with Crippen LogP contribution in [-0.4, -0.2) is 42.0 Å². The summed E-state index contributed by atoms with van der Waals surface area (Å²) in [6, 6.07) is 8.31. The lowest BCUT2D eigenvalue weighted by molar-refractivity contribution is -0.129. The topological polar surface area (TPSA) is 36.4 Å². The van der Waals surface area contributed by atoms with Gasteiger partial charge in [0.05, 0.1) is 11.9 Å². The number of rotatable bonds is 3. The van der Waals surface area contributed by atoms with E-state index in [9.17, 15) is 4.79 Å². The average Bonchev–Trinajstić information content (AvgIpc) is 3.09. The molecule has 5 heteroatoms. The van der Waals surface area contributed by atoms with Crippen molar-refractivity contribution in [3.8, 4) is 0 Å². The predicted octanol–water partition coefficient (Wildman–Crippen LogP) is 2.76. The molecule has 1 aliphatic heterocycles. The molecule has 2 aromatic heterocycles. The molecule has 0 spiro atoms. The highest BCUT2D eigenvalue weighted by Crippen LogP contribution is 2.27.